The monoisotopic (exact) mass is 374 g/mol. The minimum Gasteiger partial charge on any atom is -0.436 e. The van der Waals surface area contributed by atoms with Crippen LogP contribution in [0.4, 0.5) is 4.39 Å². The number of hydrogen-bond acceptors (Lipinski definition) is 4. The summed E-state index contributed by atoms with van der Waals surface area (Å²) in [5.74, 6) is -0.599. The number of hydrogen-bond donors (Lipinski definition) is 1. The summed E-state index contributed by atoms with van der Waals surface area (Å²) in [4.78, 5) is 16.5. The van der Waals surface area contributed by atoms with Crippen LogP contribution in [0.1, 0.15) is 21.7 Å². The van der Waals surface area contributed by atoms with E-state index in [1.54, 1.807) is 38.2 Å². The molecule has 2 aromatic heterocycles. The number of ether oxygens (including phenoxy) is 1. The largest absolute Gasteiger partial charge is 0.436 e. The molecule has 0 aliphatic heterocycles. The van der Waals surface area contributed by atoms with Crippen LogP contribution >= 0.6 is 11.6 Å². The van der Waals surface area contributed by atoms with Crippen molar-refractivity contribution in [3.63, 3.8) is 0 Å². The molecule has 0 spiro atoms. The first kappa shape index (κ1) is 17.9. The zero-order valence-corrected chi connectivity index (χ0v) is 14.9. The van der Waals surface area contributed by atoms with Gasteiger partial charge < -0.3 is 10.1 Å². The molecule has 1 N–H and O–H groups in total. The standard InChI is InChI=1S/C18H16ClFN4O2/c1-11-15(19)16(24(2)23-11)17(25)22-10-12-6-5-9-21-18(12)26-14-8-4-3-7-13(14)20/h3-9H,10H2,1-2H3,(H,22,25). The predicted molar refractivity (Wildman–Crippen MR) is 94.8 cm³/mol. The van der Waals surface area contributed by atoms with Gasteiger partial charge in [0.15, 0.2) is 11.6 Å². The van der Waals surface area contributed by atoms with Crippen LogP contribution in [0.25, 0.3) is 0 Å². The number of para-hydroxylation sites is 1. The number of carbonyl (C=O) groups is 1. The number of aromatic nitrogens is 3. The highest BCUT2D eigenvalue weighted by Gasteiger charge is 2.19. The van der Waals surface area contributed by atoms with Crippen molar-refractivity contribution in [3.8, 4) is 11.6 Å². The van der Waals surface area contributed by atoms with E-state index in [0.29, 0.717) is 16.3 Å². The van der Waals surface area contributed by atoms with Crippen LogP contribution in [-0.2, 0) is 13.6 Å². The lowest BCUT2D eigenvalue weighted by atomic mass is 10.2. The van der Waals surface area contributed by atoms with Gasteiger partial charge in [0.25, 0.3) is 5.91 Å². The van der Waals surface area contributed by atoms with E-state index < -0.39 is 5.82 Å². The maximum absolute atomic E-state index is 13.8. The minimum atomic E-state index is -0.495. The number of carbonyl (C=O) groups excluding carboxylic acids is 1. The first-order chi connectivity index (χ1) is 12.5. The van der Waals surface area contributed by atoms with Crippen molar-refractivity contribution < 1.29 is 13.9 Å². The highest BCUT2D eigenvalue weighted by molar-refractivity contribution is 6.34. The smallest absolute Gasteiger partial charge is 0.271 e. The van der Waals surface area contributed by atoms with E-state index in [0.717, 1.165) is 0 Å². The van der Waals surface area contributed by atoms with Crippen molar-refractivity contribution in [3.05, 3.63) is 70.4 Å². The van der Waals surface area contributed by atoms with E-state index in [4.69, 9.17) is 16.3 Å². The molecular weight excluding hydrogens is 359 g/mol. The Morgan fingerprint density at radius 3 is 2.77 bits per heavy atom. The molecule has 134 valence electrons. The van der Waals surface area contributed by atoms with E-state index in [-0.39, 0.29) is 29.8 Å². The maximum atomic E-state index is 13.8. The number of rotatable bonds is 5. The number of aryl methyl sites for hydroxylation is 2. The summed E-state index contributed by atoms with van der Waals surface area (Å²) >= 11 is 6.12. The molecule has 0 radical (unpaired) electrons. The lowest BCUT2D eigenvalue weighted by Gasteiger charge is -2.11. The van der Waals surface area contributed by atoms with Crippen LogP contribution in [0.15, 0.2) is 42.6 Å². The second kappa shape index (κ2) is 7.53. The van der Waals surface area contributed by atoms with E-state index in [1.165, 1.54) is 23.0 Å². The third kappa shape index (κ3) is 3.67. The lowest BCUT2D eigenvalue weighted by molar-refractivity contribution is 0.0941. The van der Waals surface area contributed by atoms with Gasteiger partial charge in [0, 0.05) is 25.4 Å². The number of pyridine rings is 1. The van der Waals surface area contributed by atoms with Gasteiger partial charge in [-0.1, -0.05) is 29.8 Å². The van der Waals surface area contributed by atoms with Crippen molar-refractivity contribution in [1.82, 2.24) is 20.1 Å². The third-order valence-corrected chi connectivity index (χ3v) is 4.15. The molecule has 0 fully saturated rings. The molecule has 0 saturated heterocycles. The molecule has 8 heteroatoms. The molecule has 6 nitrogen and oxygen atoms in total. The van der Waals surface area contributed by atoms with Crippen molar-refractivity contribution in [2.45, 2.75) is 13.5 Å². The van der Waals surface area contributed by atoms with Gasteiger partial charge >= 0.3 is 0 Å². The van der Waals surface area contributed by atoms with Crippen LogP contribution in [0.5, 0.6) is 11.6 Å². The summed E-state index contributed by atoms with van der Waals surface area (Å²) in [5.41, 5.74) is 1.44. The Hall–Kier alpha value is -2.93. The van der Waals surface area contributed by atoms with Crippen LogP contribution in [0, 0.1) is 12.7 Å². The average Bonchev–Trinajstić information content (AvgIpc) is 2.88. The van der Waals surface area contributed by atoms with E-state index >= 15 is 0 Å². The van der Waals surface area contributed by atoms with E-state index in [9.17, 15) is 9.18 Å². The van der Waals surface area contributed by atoms with Gasteiger partial charge in [-0.3, -0.25) is 9.48 Å². The molecule has 1 aromatic carbocycles. The zero-order chi connectivity index (χ0) is 18.7. The number of halogens is 2. The second-order valence-electron chi connectivity index (χ2n) is 5.55. The Morgan fingerprint density at radius 1 is 1.31 bits per heavy atom. The SMILES string of the molecule is Cc1nn(C)c(C(=O)NCc2cccnc2Oc2ccccc2F)c1Cl. The van der Waals surface area contributed by atoms with Gasteiger partial charge in [0.05, 0.1) is 10.7 Å². The fraction of sp³-hybridized carbons (Fsp3) is 0.167. The Bertz CT molecular complexity index is 958. The first-order valence-corrected chi connectivity index (χ1v) is 8.18. The molecule has 26 heavy (non-hydrogen) atoms. The van der Waals surface area contributed by atoms with E-state index in [1.807, 2.05) is 0 Å². The zero-order valence-electron chi connectivity index (χ0n) is 14.2. The summed E-state index contributed by atoms with van der Waals surface area (Å²) in [6.45, 7) is 1.86. The number of amides is 1. The highest BCUT2D eigenvalue weighted by Crippen LogP contribution is 2.25. The minimum absolute atomic E-state index is 0.0593. The molecule has 0 unspecified atom stereocenters. The van der Waals surface area contributed by atoms with Crippen molar-refractivity contribution in [1.29, 1.82) is 0 Å². The lowest BCUT2D eigenvalue weighted by Crippen LogP contribution is -2.25. The van der Waals surface area contributed by atoms with Gasteiger partial charge in [0.2, 0.25) is 5.88 Å². The second-order valence-corrected chi connectivity index (χ2v) is 5.93. The molecular formula is C18H16ClFN4O2. The molecule has 0 bridgehead atoms. The first-order valence-electron chi connectivity index (χ1n) is 7.81. The fourth-order valence-electron chi connectivity index (χ4n) is 2.42. The van der Waals surface area contributed by atoms with Crippen LogP contribution in [0.3, 0.4) is 0 Å². The normalized spacial score (nSPS) is 10.6. The molecule has 0 saturated carbocycles. The predicted octanol–water partition coefficient (Wildman–Crippen LogP) is 3.64. The number of nitrogens with zero attached hydrogens (tertiary/aromatic N) is 3. The number of nitrogens with one attached hydrogen (secondary N) is 1. The Kier molecular flexibility index (Phi) is 5.18. The van der Waals surface area contributed by atoms with Gasteiger partial charge in [0.1, 0.15) is 5.69 Å². The Morgan fingerprint density at radius 2 is 2.08 bits per heavy atom. The number of benzene rings is 1. The summed E-state index contributed by atoms with van der Waals surface area (Å²) in [7, 11) is 1.64. The van der Waals surface area contributed by atoms with Crippen molar-refractivity contribution in [2.24, 2.45) is 7.05 Å². The van der Waals surface area contributed by atoms with Crippen molar-refractivity contribution in [2.75, 3.05) is 0 Å². The van der Waals surface area contributed by atoms with Gasteiger partial charge in [-0.15, -0.1) is 0 Å². The van der Waals surface area contributed by atoms with E-state index in [2.05, 4.69) is 15.4 Å². The molecule has 3 aromatic rings. The summed E-state index contributed by atoms with van der Waals surface area (Å²) in [5, 5.41) is 7.17. The van der Waals surface area contributed by atoms with Crippen LogP contribution < -0.4 is 10.1 Å². The fourth-order valence-corrected chi connectivity index (χ4v) is 2.67. The molecule has 0 aliphatic rings. The molecule has 3 rings (SSSR count). The average molecular weight is 375 g/mol. The Balaban J connectivity index is 1.77. The van der Waals surface area contributed by atoms with Gasteiger partial charge in [-0.05, 0) is 25.1 Å². The summed E-state index contributed by atoms with van der Waals surface area (Å²) in [6.07, 6.45) is 1.53. The molecule has 2 heterocycles. The summed E-state index contributed by atoms with van der Waals surface area (Å²) in [6, 6.07) is 9.48. The van der Waals surface area contributed by atoms with Crippen LogP contribution in [0.2, 0.25) is 5.02 Å². The quantitative estimate of drug-likeness (QED) is 0.740. The van der Waals surface area contributed by atoms with Crippen LogP contribution in [-0.4, -0.2) is 20.7 Å². The molecule has 1 amide bonds. The molecule has 0 aliphatic carbocycles. The third-order valence-electron chi connectivity index (χ3n) is 3.70. The van der Waals surface area contributed by atoms with Gasteiger partial charge in [-0.2, -0.15) is 5.10 Å². The van der Waals surface area contributed by atoms with Gasteiger partial charge in [-0.25, -0.2) is 9.37 Å². The molecule has 0 atom stereocenters. The maximum Gasteiger partial charge on any atom is 0.271 e. The highest BCUT2D eigenvalue weighted by atomic mass is 35.5. The Labute approximate surface area is 154 Å². The van der Waals surface area contributed by atoms with Crippen molar-refractivity contribution >= 4 is 17.5 Å². The topological polar surface area (TPSA) is 69.0 Å². The summed E-state index contributed by atoms with van der Waals surface area (Å²) < 4.78 is 20.8.